The van der Waals surface area contributed by atoms with Crippen LogP contribution in [0.2, 0.25) is 0 Å². The molecule has 0 heterocycles. The minimum atomic E-state index is -1.49. The van der Waals surface area contributed by atoms with Crippen LogP contribution < -0.4 is 21.7 Å². The number of hydrogen-bond donors (Lipinski definition) is 7. The van der Waals surface area contributed by atoms with Gasteiger partial charge in [0, 0.05) is 5.75 Å². The average Bonchev–Trinajstić information content (AvgIpc) is 2.70. The number of carbonyl (C=O) groups is 4. The molecule has 0 fully saturated rings. The maximum absolute atomic E-state index is 12.6. The first-order chi connectivity index (χ1) is 13.6. The summed E-state index contributed by atoms with van der Waals surface area (Å²) >= 11 is 5.63. The molecule has 29 heavy (non-hydrogen) atoms. The summed E-state index contributed by atoms with van der Waals surface area (Å²) in [4.78, 5) is 48.3. The van der Waals surface area contributed by atoms with Crippen molar-refractivity contribution in [3.05, 3.63) is 0 Å². The zero-order chi connectivity index (χ0) is 22.6. The van der Waals surface area contributed by atoms with Gasteiger partial charge in [0.25, 0.3) is 0 Å². The highest BCUT2D eigenvalue weighted by Gasteiger charge is 2.32. The Bertz CT molecular complexity index is 566. The first kappa shape index (κ1) is 27.5. The summed E-state index contributed by atoms with van der Waals surface area (Å²) in [6.07, 6.45) is 2.86. The van der Waals surface area contributed by atoms with Crippen molar-refractivity contribution in [3.8, 4) is 0 Å². The molecule has 0 aromatic rings. The van der Waals surface area contributed by atoms with Gasteiger partial charge in [-0.1, -0.05) is 20.3 Å². The van der Waals surface area contributed by atoms with Gasteiger partial charge in [0.2, 0.25) is 17.7 Å². The van der Waals surface area contributed by atoms with Crippen LogP contribution in [0.25, 0.3) is 0 Å². The number of thioether (sulfide) groups is 1. The molecule has 0 aliphatic heterocycles. The molecule has 5 unspecified atom stereocenters. The third kappa shape index (κ3) is 9.70. The van der Waals surface area contributed by atoms with Gasteiger partial charge < -0.3 is 31.9 Å². The van der Waals surface area contributed by atoms with Crippen LogP contribution in [0.1, 0.15) is 26.7 Å². The Labute approximate surface area is 180 Å². The second-order valence-corrected chi connectivity index (χ2v) is 7.94. The average molecular weight is 453 g/mol. The van der Waals surface area contributed by atoms with E-state index in [1.165, 1.54) is 0 Å². The number of carbonyl (C=O) groups excluding carboxylic acids is 3. The zero-order valence-corrected chi connectivity index (χ0v) is 18.6. The number of nitrogens with one attached hydrogen (secondary N) is 3. The molecule has 0 aromatic heterocycles. The molecule has 0 aliphatic carbocycles. The molecule has 0 spiro atoms. The normalized spacial score (nSPS) is 16.1. The lowest BCUT2D eigenvalue weighted by atomic mass is 9.97. The monoisotopic (exact) mass is 452 g/mol. The number of aliphatic carboxylic acids is 1. The summed E-state index contributed by atoms with van der Waals surface area (Å²) in [5.41, 5.74) is 5.80. The third-order valence-corrected chi connectivity index (χ3v) is 5.38. The number of aliphatic hydroxyl groups excluding tert-OH is 1. The van der Waals surface area contributed by atoms with Gasteiger partial charge in [-0.05, 0) is 24.3 Å². The SMILES string of the molecule is CCC(C)C(NC(=O)C(CS)NC(=O)C(N)CCSC)C(=O)NC(CO)C(=O)O. The van der Waals surface area contributed by atoms with Gasteiger partial charge in [-0.15, -0.1) is 0 Å². The fourth-order valence-corrected chi connectivity index (χ4v) is 3.00. The molecule has 7 N–H and O–H groups in total. The molecule has 0 rings (SSSR count). The van der Waals surface area contributed by atoms with Crippen LogP contribution in [-0.2, 0) is 19.2 Å². The Morgan fingerprint density at radius 1 is 1.07 bits per heavy atom. The fraction of sp³-hybridized carbons (Fsp3) is 0.765. The predicted molar refractivity (Wildman–Crippen MR) is 115 cm³/mol. The predicted octanol–water partition coefficient (Wildman–Crippen LogP) is -1.43. The zero-order valence-electron chi connectivity index (χ0n) is 16.9. The van der Waals surface area contributed by atoms with E-state index in [0.29, 0.717) is 18.6 Å². The lowest BCUT2D eigenvalue weighted by Crippen LogP contribution is -2.59. The first-order valence-corrected chi connectivity index (χ1v) is 11.3. The quantitative estimate of drug-likeness (QED) is 0.157. The second-order valence-electron chi connectivity index (χ2n) is 6.59. The number of thiol groups is 1. The van der Waals surface area contributed by atoms with E-state index in [1.807, 2.05) is 6.26 Å². The van der Waals surface area contributed by atoms with Crippen LogP contribution in [0.4, 0.5) is 0 Å². The highest BCUT2D eigenvalue weighted by molar-refractivity contribution is 7.98. The number of carboxylic acids is 1. The van der Waals surface area contributed by atoms with Crippen molar-refractivity contribution in [2.75, 3.05) is 24.4 Å². The summed E-state index contributed by atoms with van der Waals surface area (Å²) in [7, 11) is 0. The van der Waals surface area contributed by atoms with E-state index in [1.54, 1.807) is 25.6 Å². The molecular weight excluding hydrogens is 420 g/mol. The van der Waals surface area contributed by atoms with Crippen molar-refractivity contribution in [2.24, 2.45) is 11.7 Å². The molecule has 10 nitrogen and oxygen atoms in total. The van der Waals surface area contributed by atoms with E-state index in [9.17, 15) is 19.2 Å². The van der Waals surface area contributed by atoms with Crippen molar-refractivity contribution in [1.29, 1.82) is 0 Å². The van der Waals surface area contributed by atoms with Crippen molar-refractivity contribution in [3.63, 3.8) is 0 Å². The molecule has 0 aromatic carbocycles. The van der Waals surface area contributed by atoms with E-state index in [-0.39, 0.29) is 11.7 Å². The topological polar surface area (TPSA) is 171 Å². The van der Waals surface area contributed by atoms with Gasteiger partial charge in [-0.2, -0.15) is 24.4 Å². The molecule has 3 amide bonds. The van der Waals surface area contributed by atoms with Crippen LogP contribution in [0.5, 0.6) is 0 Å². The molecule has 12 heteroatoms. The number of aliphatic hydroxyl groups is 1. The van der Waals surface area contributed by atoms with Crippen LogP contribution in [0, 0.1) is 5.92 Å². The molecule has 0 saturated carbocycles. The maximum atomic E-state index is 12.6. The van der Waals surface area contributed by atoms with Gasteiger partial charge in [0.1, 0.15) is 18.1 Å². The summed E-state index contributed by atoms with van der Waals surface area (Å²) in [5, 5.41) is 25.3. The van der Waals surface area contributed by atoms with Crippen LogP contribution in [-0.4, -0.2) is 82.4 Å². The van der Waals surface area contributed by atoms with E-state index >= 15 is 0 Å². The summed E-state index contributed by atoms with van der Waals surface area (Å²) in [6.45, 7) is 2.73. The Balaban J connectivity index is 5.16. The Morgan fingerprint density at radius 2 is 1.66 bits per heavy atom. The number of nitrogens with two attached hydrogens (primary N) is 1. The molecule has 0 radical (unpaired) electrons. The summed E-state index contributed by atoms with van der Waals surface area (Å²) in [5.74, 6) is -2.92. The Hall–Kier alpha value is -1.50. The van der Waals surface area contributed by atoms with Crippen molar-refractivity contribution >= 4 is 48.1 Å². The highest BCUT2D eigenvalue weighted by atomic mass is 32.2. The minimum absolute atomic E-state index is 0.0178. The van der Waals surface area contributed by atoms with Gasteiger partial charge in [-0.3, -0.25) is 14.4 Å². The Kier molecular flexibility index (Phi) is 13.7. The van der Waals surface area contributed by atoms with E-state index in [2.05, 4.69) is 28.6 Å². The minimum Gasteiger partial charge on any atom is -0.480 e. The van der Waals surface area contributed by atoms with Gasteiger partial charge >= 0.3 is 5.97 Å². The van der Waals surface area contributed by atoms with Gasteiger partial charge in [0.05, 0.1) is 12.6 Å². The number of carboxylic acid groups (broad SMARTS) is 1. The Morgan fingerprint density at radius 3 is 2.10 bits per heavy atom. The third-order valence-electron chi connectivity index (χ3n) is 4.38. The van der Waals surface area contributed by atoms with Gasteiger partial charge in [-0.25, -0.2) is 4.79 Å². The van der Waals surface area contributed by atoms with E-state index in [0.717, 1.165) is 0 Å². The maximum Gasteiger partial charge on any atom is 0.328 e. The molecule has 0 aliphatic rings. The first-order valence-electron chi connectivity index (χ1n) is 9.22. The second kappa shape index (κ2) is 14.5. The van der Waals surface area contributed by atoms with Crippen LogP contribution in [0.3, 0.4) is 0 Å². The number of rotatable bonds is 14. The van der Waals surface area contributed by atoms with Crippen LogP contribution in [0.15, 0.2) is 0 Å². The molecule has 5 atom stereocenters. The fourth-order valence-electron chi connectivity index (χ4n) is 2.25. The standard InChI is InChI=1S/C17H32N4O6S2/c1-4-9(2)13(16(25)19-11(7-22)17(26)27)21-15(24)12(8-28)20-14(23)10(18)5-6-29-3/h9-13,22,28H,4-8,18H2,1-3H3,(H,19,25)(H,20,23)(H,21,24)(H,26,27). The highest BCUT2D eigenvalue weighted by Crippen LogP contribution is 2.09. The van der Waals surface area contributed by atoms with Gasteiger partial charge in [0.15, 0.2) is 0 Å². The lowest BCUT2D eigenvalue weighted by molar-refractivity contribution is -0.143. The van der Waals surface area contributed by atoms with Crippen molar-refractivity contribution < 1.29 is 29.4 Å². The number of hydrogen-bond acceptors (Lipinski definition) is 8. The molecular formula is C17H32N4O6S2. The molecule has 0 bridgehead atoms. The van der Waals surface area contributed by atoms with E-state index in [4.69, 9.17) is 15.9 Å². The van der Waals surface area contributed by atoms with Crippen LogP contribution >= 0.6 is 24.4 Å². The summed E-state index contributed by atoms with van der Waals surface area (Å²) in [6, 6.07) is -4.32. The largest absolute Gasteiger partial charge is 0.480 e. The summed E-state index contributed by atoms with van der Waals surface area (Å²) < 4.78 is 0. The van der Waals surface area contributed by atoms with Crippen molar-refractivity contribution in [2.45, 2.75) is 50.9 Å². The van der Waals surface area contributed by atoms with Crippen molar-refractivity contribution in [1.82, 2.24) is 16.0 Å². The molecule has 168 valence electrons. The van der Waals surface area contributed by atoms with E-state index < -0.39 is 54.5 Å². The lowest BCUT2D eigenvalue weighted by Gasteiger charge is -2.27. The number of amides is 3. The smallest absolute Gasteiger partial charge is 0.328 e. The molecule has 0 saturated heterocycles.